The van der Waals surface area contributed by atoms with Crippen molar-refractivity contribution in [2.75, 3.05) is 6.54 Å². The summed E-state index contributed by atoms with van der Waals surface area (Å²) in [6.07, 6.45) is -4.88. The van der Waals surface area contributed by atoms with Crippen molar-refractivity contribution in [3.8, 4) is 0 Å². The number of carbonyl (C=O) groups is 2. The van der Waals surface area contributed by atoms with E-state index in [9.17, 15) is 27.8 Å². The molecule has 3 rings (SSSR count). The number of carbonyl (C=O) groups excluding carboxylic acids is 2. The average Bonchev–Trinajstić information content (AvgIpc) is 2.63. The number of rotatable bonds is 4. The maximum Gasteiger partial charge on any atom is 0.563 e. The molecule has 150 valence electrons. The van der Waals surface area contributed by atoms with Gasteiger partial charge in [-0.1, -0.05) is 23.3 Å². The monoisotopic (exact) mass is 404 g/mol. The highest BCUT2D eigenvalue weighted by atomic mass is 19.4. The fourth-order valence-corrected chi connectivity index (χ4v) is 2.93. The van der Waals surface area contributed by atoms with E-state index in [1.807, 2.05) is 19.9 Å². The van der Waals surface area contributed by atoms with Crippen LogP contribution in [0, 0.1) is 13.8 Å². The smallest absolute Gasteiger partial charge is 0.515 e. The number of amides is 1. The number of aryl methyl sites for hydroxylation is 2. The van der Waals surface area contributed by atoms with Gasteiger partial charge >= 0.3 is 13.3 Å². The molecule has 6 nitrogen and oxygen atoms in total. The van der Waals surface area contributed by atoms with Crippen LogP contribution in [0.15, 0.2) is 41.4 Å². The van der Waals surface area contributed by atoms with Gasteiger partial charge < -0.3 is 15.0 Å². The molecule has 2 aromatic carbocycles. The van der Waals surface area contributed by atoms with E-state index in [4.69, 9.17) is 0 Å². The minimum Gasteiger partial charge on any atom is -0.515 e. The molecule has 10 heteroatoms. The molecule has 0 atom stereocenters. The van der Waals surface area contributed by atoms with Crippen molar-refractivity contribution < 1.29 is 32.4 Å². The summed E-state index contributed by atoms with van der Waals surface area (Å²) in [4.78, 5) is 28.0. The number of halogens is 3. The van der Waals surface area contributed by atoms with Crippen LogP contribution in [0.25, 0.3) is 0 Å². The summed E-state index contributed by atoms with van der Waals surface area (Å²) in [5, 5.41) is 12.2. The predicted molar refractivity (Wildman–Crippen MR) is 101 cm³/mol. The lowest BCUT2D eigenvalue weighted by molar-refractivity contribution is -0.0719. The first-order valence-corrected chi connectivity index (χ1v) is 8.59. The number of benzene rings is 2. The molecule has 0 saturated carbocycles. The summed E-state index contributed by atoms with van der Waals surface area (Å²) < 4.78 is 42.8. The van der Waals surface area contributed by atoms with Gasteiger partial charge in [0.2, 0.25) is 0 Å². The number of nitrogens with zero attached hydrogens (tertiary/aromatic N) is 1. The van der Waals surface area contributed by atoms with Gasteiger partial charge in [-0.15, -0.1) is 0 Å². The zero-order chi connectivity index (χ0) is 21.3. The molecule has 29 heavy (non-hydrogen) atoms. The van der Waals surface area contributed by atoms with Gasteiger partial charge in [0.15, 0.2) is 5.78 Å². The third kappa shape index (κ3) is 4.65. The first-order chi connectivity index (χ1) is 13.5. The quantitative estimate of drug-likeness (QED) is 0.605. The molecule has 0 unspecified atom stereocenters. The number of hydrogen-bond acceptors (Lipinski definition) is 5. The third-order valence-corrected chi connectivity index (χ3v) is 4.20. The Bertz CT molecular complexity index is 1000. The first kappa shape index (κ1) is 20.6. The zero-order valence-corrected chi connectivity index (χ0v) is 15.5. The Balaban J connectivity index is 1.76. The number of alkyl halides is 3. The van der Waals surface area contributed by atoms with Gasteiger partial charge in [0.1, 0.15) is 0 Å². The van der Waals surface area contributed by atoms with Gasteiger partial charge in [0.05, 0.1) is 12.2 Å². The highest BCUT2D eigenvalue weighted by molar-refractivity contribution is 6.64. The lowest BCUT2D eigenvalue weighted by Crippen LogP contribution is -2.43. The van der Waals surface area contributed by atoms with E-state index in [1.165, 1.54) is 12.1 Å². The molecule has 0 radical (unpaired) electrons. The van der Waals surface area contributed by atoms with Crippen molar-refractivity contribution in [2.45, 2.75) is 20.0 Å². The second-order valence-electron chi connectivity index (χ2n) is 6.64. The molecular weight excluding hydrogens is 388 g/mol. The summed E-state index contributed by atoms with van der Waals surface area (Å²) in [5.41, 5.74) is 2.04. The van der Waals surface area contributed by atoms with E-state index >= 15 is 0 Å². The molecular formula is C19H16BF3N2O4. The predicted octanol–water partition coefficient (Wildman–Crippen LogP) is 2.23. The maximum absolute atomic E-state index is 12.8. The molecule has 0 aliphatic carbocycles. The highest BCUT2D eigenvalue weighted by Gasteiger charge is 2.44. The van der Waals surface area contributed by atoms with Crippen molar-refractivity contribution >= 4 is 35.9 Å². The van der Waals surface area contributed by atoms with Gasteiger partial charge in [0.25, 0.3) is 11.8 Å². The van der Waals surface area contributed by atoms with Crippen LogP contribution >= 0.6 is 0 Å². The minimum atomic E-state index is -4.88. The normalized spacial score (nSPS) is 13.3. The van der Waals surface area contributed by atoms with Crippen molar-refractivity contribution in [3.63, 3.8) is 0 Å². The fourth-order valence-electron chi connectivity index (χ4n) is 2.93. The van der Waals surface area contributed by atoms with Crippen LogP contribution in [0.2, 0.25) is 0 Å². The minimum absolute atomic E-state index is 0.000798. The van der Waals surface area contributed by atoms with Crippen molar-refractivity contribution in [1.29, 1.82) is 0 Å². The Labute approximate surface area is 164 Å². The summed E-state index contributed by atoms with van der Waals surface area (Å²) in [6.45, 7) is 3.42. The van der Waals surface area contributed by atoms with Gasteiger partial charge in [0, 0.05) is 16.6 Å². The van der Waals surface area contributed by atoms with Crippen molar-refractivity contribution in [1.82, 2.24) is 5.32 Å². The van der Waals surface area contributed by atoms with Gasteiger partial charge in [-0.3, -0.25) is 9.59 Å². The molecule has 0 aromatic heterocycles. The summed E-state index contributed by atoms with van der Waals surface area (Å²) in [5.74, 6) is -2.56. The van der Waals surface area contributed by atoms with Crippen LogP contribution < -0.4 is 10.8 Å². The van der Waals surface area contributed by atoms with E-state index in [2.05, 4.69) is 15.0 Å². The molecule has 1 aliphatic rings. The van der Waals surface area contributed by atoms with E-state index in [-0.39, 0.29) is 29.0 Å². The van der Waals surface area contributed by atoms with Gasteiger partial charge in [-0.2, -0.15) is 13.2 Å². The summed E-state index contributed by atoms with van der Waals surface area (Å²) >= 11 is 0. The Morgan fingerprint density at radius 3 is 2.38 bits per heavy atom. The second-order valence-corrected chi connectivity index (χ2v) is 6.64. The highest BCUT2D eigenvalue weighted by Crippen LogP contribution is 2.26. The molecule has 0 fully saturated rings. The topological polar surface area (TPSA) is 88.0 Å². The van der Waals surface area contributed by atoms with E-state index in [1.54, 1.807) is 12.1 Å². The molecule has 1 aliphatic heterocycles. The number of hydrogen-bond donors (Lipinski definition) is 2. The van der Waals surface area contributed by atoms with Crippen molar-refractivity contribution in [2.24, 2.45) is 4.99 Å². The van der Waals surface area contributed by atoms with Gasteiger partial charge in [-0.05, 0) is 38.1 Å². The maximum atomic E-state index is 12.8. The van der Waals surface area contributed by atoms with Crippen LogP contribution in [-0.4, -0.2) is 42.5 Å². The molecule has 2 aromatic rings. The average molecular weight is 404 g/mol. The third-order valence-electron chi connectivity index (χ3n) is 4.20. The number of aliphatic imine (C=N–C) groups is 1. The standard InChI is InChI=1S/C19H16BF3N2O4/c1-10-5-11(2)7-13(6-10)16(26)9-24-17(27)12-3-4-14-15(8-12)25-18(19(21,22)23)29-20(14)28/h3-8,28H,9H2,1-2H3,(H,24,27). The SMILES string of the molecule is Cc1cc(C)cc(C(=O)CNC(=O)c2ccc3c(c2)N=C(C(F)(F)F)OB3O)c1. The second kappa shape index (κ2) is 7.71. The number of ketones is 1. The largest absolute Gasteiger partial charge is 0.563 e. The summed E-state index contributed by atoms with van der Waals surface area (Å²) in [6, 6.07) is 8.97. The zero-order valence-electron chi connectivity index (χ0n) is 15.5. The number of Topliss-reactive ketones (excluding diaryl/α,β-unsaturated/α-hetero) is 1. The molecule has 0 spiro atoms. The molecule has 0 bridgehead atoms. The summed E-state index contributed by atoms with van der Waals surface area (Å²) in [7, 11) is -1.85. The molecule has 2 N–H and O–H groups in total. The Hall–Kier alpha value is -3.14. The van der Waals surface area contributed by atoms with Gasteiger partial charge in [-0.25, -0.2) is 4.99 Å². The number of nitrogens with one attached hydrogen (secondary N) is 1. The number of fused-ring (bicyclic) bond motifs is 1. The Morgan fingerprint density at radius 2 is 1.76 bits per heavy atom. The Kier molecular flexibility index (Phi) is 5.47. The lowest BCUT2D eigenvalue weighted by Gasteiger charge is -2.21. The van der Waals surface area contributed by atoms with E-state index in [0.29, 0.717) is 5.56 Å². The van der Waals surface area contributed by atoms with Crippen LogP contribution in [0.3, 0.4) is 0 Å². The van der Waals surface area contributed by atoms with E-state index in [0.717, 1.165) is 17.2 Å². The lowest BCUT2D eigenvalue weighted by atomic mass is 9.77. The fraction of sp³-hybridized carbons (Fsp3) is 0.211. The molecule has 0 saturated heterocycles. The molecule has 1 amide bonds. The van der Waals surface area contributed by atoms with Crippen LogP contribution in [0.4, 0.5) is 18.9 Å². The van der Waals surface area contributed by atoms with E-state index < -0.39 is 25.1 Å². The van der Waals surface area contributed by atoms with Crippen LogP contribution in [0.5, 0.6) is 0 Å². The van der Waals surface area contributed by atoms with Crippen molar-refractivity contribution in [3.05, 3.63) is 58.7 Å². The molecule has 1 heterocycles. The first-order valence-electron chi connectivity index (χ1n) is 8.59. The Morgan fingerprint density at radius 1 is 1.10 bits per heavy atom. The van der Waals surface area contributed by atoms with Crippen LogP contribution in [-0.2, 0) is 4.65 Å². The van der Waals surface area contributed by atoms with Crippen LogP contribution in [0.1, 0.15) is 31.8 Å².